The average Bonchev–Trinajstić information content (AvgIpc) is 3.21. The van der Waals surface area contributed by atoms with Gasteiger partial charge in [-0.15, -0.1) is 0 Å². The van der Waals surface area contributed by atoms with Crippen molar-refractivity contribution in [1.29, 1.82) is 0 Å². The van der Waals surface area contributed by atoms with Crippen molar-refractivity contribution < 1.29 is 18.9 Å². The van der Waals surface area contributed by atoms with Crippen LogP contribution < -0.4 is 18.9 Å². The van der Waals surface area contributed by atoms with E-state index in [4.69, 9.17) is 18.9 Å². The molecule has 1 heterocycles. The van der Waals surface area contributed by atoms with E-state index in [1.807, 2.05) is 48.5 Å². The van der Waals surface area contributed by atoms with E-state index in [2.05, 4.69) is 16.3 Å². The molecule has 0 amide bonds. The Morgan fingerprint density at radius 3 is 2.11 bits per heavy atom. The fraction of sp³-hybridized carbons (Fsp3) is 0.227. The highest BCUT2D eigenvalue weighted by atomic mass is 16.5. The molecule has 28 heavy (non-hydrogen) atoms. The van der Waals surface area contributed by atoms with Crippen LogP contribution in [0.25, 0.3) is 17.3 Å². The molecule has 0 spiro atoms. The molecule has 6 heteroatoms. The lowest BCUT2D eigenvalue weighted by molar-refractivity contribution is 0.324. The summed E-state index contributed by atoms with van der Waals surface area (Å²) in [5.41, 5.74) is 3.90. The lowest BCUT2D eigenvalue weighted by Crippen LogP contribution is -1.96. The second-order valence-electron chi connectivity index (χ2n) is 6.08. The number of nitrogens with zero attached hydrogens (tertiary/aromatic N) is 1. The Bertz CT molecular complexity index is 920. The smallest absolute Gasteiger partial charge is 0.203 e. The van der Waals surface area contributed by atoms with Crippen LogP contribution in [0.15, 0.2) is 48.5 Å². The number of methoxy groups -OCH3 is 4. The summed E-state index contributed by atoms with van der Waals surface area (Å²) < 4.78 is 21.3. The molecule has 0 aliphatic carbocycles. The number of allylic oxidation sites excluding steroid dienone is 1. The van der Waals surface area contributed by atoms with Gasteiger partial charge in [-0.25, -0.2) is 0 Å². The van der Waals surface area contributed by atoms with Crippen LogP contribution >= 0.6 is 0 Å². The minimum absolute atomic E-state index is 0.593. The maximum atomic E-state index is 5.40. The molecule has 0 saturated carbocycles. The van der Waals surface area contributed by atoms with Crippen molar-refractivity contribution in [1.82, 2.24) is 10.2 Å². The van der Waals surface area contributed by atoms with E-state index >= 15 is 0 Å². The molecule has 0 saturated heterocycles. The largest absolute Gasteiger partial charge is 0.497 e. The van der Waals surface area contributed by atoms with Crippen molar-refractivity contribution in [3.05, 3.63) is 59.8 Å². The van der Waals surface area contributed by atoms with Crippen LogP contribution in [0.4, 0.5) is 0 Å². The molecule has 0 fully saturated rings. The second-order valence-corrected chi connectivity index (χ2v) is 6.08. The molecule has 0 radical (unpaired) electrons. The van der Waals surface area contributed by atoms with Gasteiger partial charge in [0, 0.05) is 5.56 Å². The fourth-order valence-electron chi connectivity index (χ4n) is 2.91. The van der Waals surface area contributed by atoms with Crippen LogP contribution in [-0.4, -0.2) is 38.6 Å². The van der Waals surface area contributed by atoms with Crippen molar-refractivity contribution in [2.45, 2.75) is 6.42 Å². The van der Waals surface area contributed by atoms with E-state index in [0.717, 1.165) is 28.3 Å². The molecule has 0 unspecified atom stereocenters. The molecular formula is C22H24N2O4. The number of ether oxygens (including phenoxy) is 4. The van der Waals surface area contributed by atoms with Crippen LogP contribution in [0, 0.1) is 0 Å². The first-order chi connectivity index (χ1) is 13.7. The summed E-state index contributed by atoms with van der Waals surface area (Å²) in [6.07, 6.45) is 4.78. The van der Waals surface area contributed by atoms with Crippen molar-refractivity contribution in [2.24, 2.45) is 0 Å². The summed E-state index contributed by atoms with van der Waals surface area (Å²) in [5, 5.41) is 7.42. The van der Waals surface area contributed by atoms with E-state index in [1.54, 1.807) is 28.4 Å². The van der Waals surface area contributed by atoms with Gasteiger partial charge in [-0.05, 0) is 60.5 Å². The number of nitrogens with one attached hydrogen (secondary N) is 1. The molecule has 0 bridgehead atoms. The minimum Gasteiger partial charge on any atom is -0.497 e. The Morgan fingerprint density at radius 1 is 0.857 bits per heavy atom. The normalized spacial score (nSPS) is 10.9. The molecule has 1 aromatic heterocycles. The maximum Gasteiger partial charge on any atom is 0.203 e. The standard InChI is InChI=1S/C22H24N2O4/c1-25-18-10-8-16(9-11-18)19-14-17(23-24-19)7-5-6-15-12-20(26-2)22(28-4)21(13-15)27-3/h5,7-14H,6H2,1-4H3,(H,23,24). The molecule has 3 rings (SSSR count). The molecular weight excluding hydrogens is 356 g/mol. The molecule has 0 atom stereocenters. The summed E-state index contributed by atoms with van der Waals surface area (Å²) in [7, 11) is 6.48. The monoisotopic (exact) mass is 380 g/mol. The number of hydrogen-bond donors (Lipinski definition) is 1. The predicted octanol–water partition coefficient (Wildman–Crippen LogP) is 4.37. The van der Waals surface area contributed by atoms with Crippen LogP contribution in [-0.2, 0) is 6.42 Å². The zero-order valence-electron chi connectivity index (χ0n) is 16.5. The number of rotatable bonds is 8. The van der Waals surface area contributed by atoms with Crippen LogP contribution in [0.2, 0.25) is 0 Å². The Morgan fingerprint density at radius 2 is 1.54 bits per heavy atom. The van der Waals surface area contributed by atoms with Crippen LogP contribution in [0.5, 0.6) is 23.0 Å². The number of aromatic amines is 1. The number of aromatic nitrogens is 2. The number of H-pyrrole nitrogens is 1. The van der Waals surface area contributed by atoms with Gasteiger partial charge in [-0.1, -0.05) is 6.08 Å². The van der Waals surface area contributed by atoms with Gasteiger partial charge in [0.25, 0.3) is 0 Å². The van der Waals surface area contributed by atoms with Crippen LogP contribution in [0.3, 0.4) is 0 Å². The number of hydrogen-bond acceptors (Lipinski definition) is 5. The quantitative estimate of drug-likeness (QED) is 0.629. The van der Waals surface area contributed by atoms with Gasteiger partial charge in [0.15, 0.2) is 11.5 Å². The third-order valence-corrected chi connectivity index (χ3v) is 4.36. The summed E-state index contributed by atoms with van der Waals surface area (Å²) in [5.74, 6) is 2.71. The van der Waals surface area contributed by atoms with Gasteiger partial charge in [-0.2, -0.15) is 5.10 Å². The summed E-state index contributed by atoms with van der Waals surface area (Å²) in [4.78, 5) is 0. The van der Waals surface area contributed by atoms with Gasteiger partial charge in [0.2, 0.25) is 5.75 Å². The zero-order chi connectivity index (χ0) is 19.9. The molecule has 146 valence electrons. The minimum atomic E-state index is 0.593. The summed E-state index contributed by atoms with van der Waals surface area (Å²) in [6, 6.07) is 13.7. The van der Waals surface area contributed by atoms with E-state index < -0.39 is 0 Å². The SMILES string of the molecule is COc1ccc(-c2cc(C=CCc3cc(OC)c(OC)c(OC)c3)[nH]n2)cc1. The maximum absolute atomic E-state index is 5.40. The average molecular weight is 380 g/mol. The van der Waals surface area contributed by atoms with Crippen molar-refractivity contribution >= 4 is 6.08 Å². The first kappa shape index (κ1) is 19.4. The van der Waals surface area contributed by atoms with E-state index in [-0.39, 0.29) is 0 Å². The van der Waals surface area contributed by atoms with Gasteiger partial charge in [0.1, 0.15) is 5.75 Å². The second kappa shape index (κ2) is 8.99. The van der Waals surface area contributed by atoms with Crippen molar-refractivity contribution in [2.75, 3.05) is 28.4 Å². The molecule has 0 aliphatic rings. The first-order valence-corrected chi connectivity index (χ1v) is 8.83. The van der Waals surface area contributed by atoms with Crippen molar-refractivity contribution in [3.8, 4) is 34.3 Å². The predicted molar refractivity (Wildman–Crippen MR) is 109 cm³/mol. The number of benzene rings is 2. The van der Waals surface area contributed by atoms with Gasteiger partial charge >= 0.3 is 0 Å². The van der Waals surface area contributed by atoms with Gasteiger partial charge in [0.05, 0.1) is 39.8 Å². The topological polar surface area (TPSA) is 65.6 Å². The van der Waals surface area contributed by atoms with Gasteiger partial charge in [-0.3, -0.25) is 5.10 Å². The highest BCUT2D eigenvalue weighted by molar-refractivity contribution is 5.63. The molecule has 6 nitrogen and oxygen atoms in total. The van der Waals surface area contributed by atoms with E-state index in [9.17, 15) is 0 Å². The highest BCUT2D eigenvalue weighted by Crippen LogP contribution is 2.38. The third-order valence-electron chi connectivity index (χ3n) is 4.36. The van der Waals surface area contributed by atoms with E-state index in [1.165, 1.54) is 0 Å². The fourth-order valence-corrected chi connectivity index (χ4v) is 2.91. The molecule has 0 aliphatic heterocycles. The van der Waals surface area contributed by atoms with Crippen molar-refractivity contribution in [3.63, 3.8) is 0 Å². The highest BCUT2D eigenvalue weighted by Gasteiger charge is 2.12. The Balaban J connectivity index is 1.72. The lowest BCUT2D eigenvalue weighted by atomic mass is 10.1. The zero-order valence-corrected chi connectivity index (χ0v) is 16.5. The van der Waals surface area contributed by atoms with Crippen LogP contribution in [0.1, 0.15) is 11.3 Å². The molecule has 1 N–H and O–H groups in total. The summed E-state index contributed by atoms with van der Waals surface area (Å²) >= 11 is 0. The lowest BCUT2D eigenvalue weighted by Gasteiger charge is -2.13. The Labute approximate surface area is 164 Å². The third kappa shape index (κ3) is 4.28. The Hall–Kier alpha value is -3.41. The van der Waals surface area contributed by atoms with E-state index in [0.29, 0.717) is 23.7 Å². The first-order valence-electron chi connectivity index (χ1n) is 8.83. The molecule has 2 aromatic carbocycles. The van der Waals surface area contributed by atoms with Gasteiger partial charge < -0.3 is 18.9 Å². The summed E-state index contributed by atoms with van der Waals surface area (Å²) in [6.45, 7) is 0. The Kier molecular flexibility index (Phi) is 6.22. The molecule has 3 aromatic rings.